The van der Waals surface area contributed by atoms with Crippen LogP contribution < -0.4 is 15.4 Å². The number of carbonyl (C=O) groups excluding carboxylic acids is 1. The molecule has 2 N–H and O–H groups in total. The third-order valence-electron chi connectivity index (χ3n) is 4.71. The topological polar surface area (TPSA) is 89.0 Å². The molecule has 4 aromatic rings. The number of carbonyl (C=O) groups is 1. The van der Waals surface area contributed by atoms with Crippen molar-refractivity contribution in [3.05, 3.63) is 87.8 Å². The second kappa shape index (κ2) is 10.7. The summed E-state index contributed by atoms with van der Waals surface area (Å²) in [7, 11) is 0. The molecule has 0 unspecified atom stereocenters. The minimum atomic E-state index is -0.369. The number of hydrogen-bond donors (Lipinski definition) is 2. The minimum absolute atomic E-state index is 0.259. The summed E-state index contributed by atoms with van der Waals surface area (Å²) < 4.78 is 5.48. The van der Waals surface area contributed by atoms with E-state index in [4.69, 9.17) is 39.5 Å². The van der Waals surface area contributed by atoms with Crippen LogP contribution in [-0.2, 0) is 4.79 Å². The van der Waals surface area contributed by atoms with Crippen LogP contribution in [-0.4, -0.2) is 27.5 Å². The summed E-state index contributed by atoms with van der Waals surface area (Å²) in [4.78, 5) is 25.4. The van der Waals surface area contributed by atoms with Crippen molar-refractivity contribution in [3.8, 4) is 17.0 Å². The van der Waals surface area contributed by atoms with Crippen molar-refractivity contribution in [2.24, 2.45) is 0 Å². The van der Waals surface area contributed by atoms with E-state index in [1.165, 1.54) is 12.1 Å². The Bertz CT molecular complexity index is 1340. The number of ether oxygens (including phenoxy) is 1. The first-order valence-electron chi connectivity index (χ1n) is 10.1. The van der Waals surface area contributed by atoms with Crippen LogP contribution in [0.4, 0.5) is 17.3 Å². The van der Waals surface area contributed by atoms with E-state index >= 15 is 0 Å². The van der Waals surface area contributed by atoms with Crippen LogP contribution in [0.25, 0.3) is 11.3 Å². The lowest BCUT2D eigenvalue weighted by Gasteiger charge is -2.13. The number of hydrogen-bond acceptors (Lipinski definition) is 6. The lowest BCUT2D eigenvalue weighted by Crippen LogP contribution is -2.20. The van der Waals surface area contributed by atoms with Gasteiger partial charge in [-0.2, -0.15) is 0 Å². The van der Waals surface area contributed by atoms with Crippen molar-refractivity contribution in [1.29, 1.82) is 0 Å². The van der Waals surface area contributed by atoms with Crippen molar-refractivity contribution in [1.82, 2.24) is 15.0 Å². The molecule has 0 aliphatic rings. The van der Waals surface area contributed by atoms with Gasteiger partial charge in [0.15, 0.2) is 6.61 Å². The fourth-order valence-electron chi connectivity index (χ4n) is 3.00. The Morgan fingerprint density at radius 2 is 1.82 bits per heavy atom. The minimum Gasteiger partial charge on any atom is -0.482 e. The van der Waals surface area contributed by atoms with Crippen LogP contribution >= 0.6 is 34.8 Å². The zero-order valence-electron chi connectivity index (χ0n) is 17.8. The molecule has 2 aromatic carbocycles. The van der Waals surface area contributed by atoms with Crippen molar-refractivity contribution in [3.63, 3.8) is 0 Å². The number of nitrogens with zero attached hydrogens (tertiary/aromatic N) is 3. The Morgan fingerprint density at radius 1 is 1.00 bits per heavy atom. The number of halogens is 3. The van der Waals surface area contributed by atoms with Crippen LogP contribution in [0.15, 0.2) is 67.1 Å². The van der Waals surface area contributed by atoms with Gasteiger partial charge in [-0.05, 0) is 48.9 Å². The molecule has 0 aliphatic heterocycles. The molecule has 0 aliphatic carbocycles. The highest BCUT2D eigenvalue weighted by Crippen LogP contribution is 2.34. The molecule has 172 valence electrons. The number of benzene rings is 2. The zero-order valence-corrected chi connectivity index (χ0v) is 20.1. The lowest BCUT2D eigenvalue weighted by molar-refractivity contribution is -0.118. The first-order valence-corrected chi connectivity index (χ1v) is 11.2. The number of nitrogens with one attached hydrogen (secondary N) is 2. The molecule has 0 saturated carbocycles. The molecule has 2 aromatic heterocycles. The molecule has 0 atom stereocenters. The Labute approximate surface area is 211 Å². The highest BCUT2D eigenvalue weighted by Gasteiger charge is 2.11. The van der Waals surface area contributed by atoms with Crippen LogP contribution in [0, 0.1) is 6.92 Å². The standard InChI is InChI=1S/C24H18Cl3N5O2/c1-14-4-5-16(30-23(33)13-34-22-11-18(26)17(25)10-19(22)27)9-21(14)32-24-29-8-6-20(31-24)15-3-2-7-28-12-15/h2-12H,13H2,1H3,(H,30,33)(H,29,31,32). The predicted molar refractivity (Wildman–Crippen MR) is 135 cm³/mol. The molecule has 0 spiro atoms. The normalized spacial score (nSPS) is 10.6. The van der Waals surface area contributed by atoms with Crippen LogP contribution in [0.1, 0.15) is 5.56 Å². The number of rotatable bonds is 7. The molecular formula is C24H18Cl3N5O2. The molecular weight excluding hydrogens is 497 g/mol. The van der Waals surface area contributed by atoms with Crippen molar-refractivity contribution < 1.29 is 9.53 Å². The molecule has 2 heterocycles. The smallest absolute Gasteiger partial charge is 0.262 e. The van der Waals surface area contributed by atoms with E-state index in [0.717, 1.165) is 22.5 Å². The van der Waals surface area contributed by atoms with E-state index < -0.39 is 0 Å². The maximum Gasteiger partial charge on any atom is 0.262 e. The Balaban J connectivity index is 1.43. The zero-order chi connectivity index (χ0) is 24.1. The first-order chi connectivity index (χ1) is 16.4. The van der Waals surface area contributed by atoms with Crippen molar-refractivity contribution >= 4 is 58.0 Å². The third-order valence-corrected chi connectivity index (χ3v) is 5.73. The van der Waals surface area contributed by atoms with Gasteiger partial charge >= 0.3 is 0 Å². The van der Waals surface area contributed by atoms with E-state index in [-0.39, 0.29) is 28.3 Å². The molecule has 0 radical (unpaired) electrons. The van der Waals surface area contributed by atoms with Gasteiger partial charge in [-0.3, -0.25) is 9.78 Å². The van der Waals surface area contributed by atoms with Gasteiger partial charge in [0.1, 0.15) is 5.75 Å². The summed E-state index contributed by atoms with van der Waals surface area (Å²) >= 11 is 18.0. The number of anilines is 3. The maximum atomic E-state index is 12.4. The fraction of sp³-hybridized carbons (Fsp3) is 0.0833. The summed E-state index contributed by atoms with van der Waals surface area (Å²) in [5.74, 6) is 0.320. The number of amides is 1. The summed E-state index contributed by atoms with van der Waals surface area (Å²) in [5, 5.41) is 6.84. The molecule has 0 bridgehead atoms. The van der Waals surface area contributed by atoms with Gasteiger partial charge in [0.05, 0.1) is 20.8 Å². The maximum absolute atomic E-state index is 12.4. The van der Waals surface area contributed by atoms with Gasteiger partial charge in [-0.1, -0.05) is 40.9 Å². The van der Waals surface area contributed by atoms with Crippen LogP contribution in [0.3, 0.4) is 0 Å². The van der Waals surface area contributed by atoms with Gasteiger partial charge in [0, 0.05) is 41.6 Å². The third kappa shape index (κ3) is 5.94. The van der Waals surface area contributed by atoms with Crippen molar-refractivity contribution in [2.75, 3.05) is 17.2 Å². The molecule has 34 heavy (non-hydrogen) atoms. The highest BCUT2D eigenvalue weighted by molar-refractivity contribution is 6.43. The van der Waals surface area contributed by atoms with Crippen LogP contribution in [0.5, 0.6) is 5.75 Å². The summed E-state index contributed by atoms with van der Waals surface area (Å²) in [6, 6.07) is 14.0. The van der Waals surface area contributed by atoms with Gasteiger partial charge in [0.2, 0.25) is 5.95 Å². The van der Waals surface area contributed by atoms with E-state index in [2.05, 4.69) is 25.6 Å². The van der Waals surface area contributed by atoms with Gasteiger partial charge in [-0.25, -0.2) is 9.97 Å². The molecule has 1 amide bonds. The fourth-order valence-corrected chi connectivity index (χ4v) is 3.60. The Kier molecular flexibility index (Phi) is 7.47. The second-order valence-corrected chi connectivity index (χ2v) is 8.42. The number of aromatic nitrogens is 3. The van der Waals surface area contributed by atoms with Crippen LogP contribution in [0.2, 0.25) is 15.1 Å². The molecule has 0 saturated heterocycles. The SMILES string of the molecule is Cc1ccc(NC(=O)COc2cc(Cl)c(Cl)cc2Cl)cc1Nc1nccc(-c2cccnc2)n1. The van der Waals surface area contributed by atoms with E-state index in [9.17, 15) is 4.79 Å². The number of pyridine rings is 1. The average molecular weight is 515 g/mol. The second-order valence-electron chi connectivity index (χ2n) is 7.20. The average Bonchev–Trinajstić information content (AvgIpc) is 2.83. The lowest BCUT2D eigenvalue weighted by atomic mass is 10.1. The van der Waals surface area contributed by atoms with Gasteiger partial charge < -0.3 is 15.4 Å². The number of aryl methyl sites for hydroxylation is 1. The van der Waals surface area contributed by atoms with Gasteiger partial charge in [-0.15, -0.1) is 0 Å². The van der Waals surface area contributed by atoms with Crippen molar-refractivity contribution in [2.45, 2.75) is 6.92 Å². The Morgan fingerprint density at radius 3 is 2.62 bits per heavy atom. The Hall–Kier alpha value is -3.39. The molecule has 10 heteroatoms. The first kappa shape index (κ1) is 23.8. The summed E-state index contributed by atoms with van der Waals surface area (Å²) in [6.45, 7) is 1.68. The summed E-state index contributed by atoms with van der Waals surface area (Å²) in [6.07, 6.45) is 5.11. The highest BCUT2D eigenvalue weighted by atomic mass is 35.5. The van der Waals surface area contributed by atoms with E-state index in [1.807, 2.05) is 31.2 Å². The van der Waals surface area contributed by atoms with E-state index in [1.54, 1.807) is 30.7 Å². The molecule has 0 fully saturated rings. The predicted octanol–water partition coefficient (Wildman–Crippen LogP) is 6.57. The quantitative estimate of drug-likeness (QED) is 0.271. The molecule has 4 rings (SSSR count). The largest absolute Gasteiger partial charge is 0.482 e. The van der Waals surface area contributed by atoms with Gasteiger partial charge in [0.25, 0.3) is 5.91 Å². The monoisotopic (exact) mass is 513 g/mol. The van der Waals surface area contributed by atoms with E-state index in [0.29, 0.717) is 16.7 Å². The summed E-state index contributed by atoms with van der Waals surface area (Å²) in [5.41, 5.74) is 3.89. The molecule has 7 nitrogen and oxygen atoms in total.